The van der Waals surface area contributed by atoms with Crippen LogP contribution in [-0.4, -0.2) is 34.2 Å². The van der Waals surface area contributed by atoms with E-state index in [1.165, 1.54) is 11.8 Å². The van der Waals surface area contributed by atoms with Crippen LogP contribution >= 0.6 is 11.8 Å². The predicted octanol–water partition coefficient (Wildman–Crippen LogP) is 3.05. The summed E-state index contributed by atoms with van der Waals surface area (Å²) >= 11 is 1.41. The van der Waals surface area contributed by atoms with Gasteiger partial charge in [0.05, 0.1) is 17.9 Å². The molecule has 0 aliphatic heterocycles. The number of benzene rings is 1. The van der Waals surface area contributed by atoms with Crippen molar-refractivity contribution < 1.29 is 18.3 Å². The van der Waals surface area contributed by atoms with Gasteiger partial charge in [0.2, 0.25) is 0 Å². The van der Waals surface area contributed by atoms with Crippen molar-refractivity contribution >= 4 is 28.4 Å². The minimum Gasteiger partial charge on any atom is -0.395 e. The third-order valence-electron chi connectivity index (χ3n) is 3.53. The van der Waals surface area contributed by atoms with Gasteiger partial charge in [0, 0.05) is 22.9 Å². The first-order chi connectivity index (χ1) is 10.9. The topological polar surface area (TPSA) is 68.9 Å². The fourth-order valence-electron chi connectivity index (χ4n) is 2.24. The van der Waals surface area contributed by atoms with E-state index in [0.29, 0.717) is 0 Å². The Morgan fingerprint density at radius 3 is 2.65 bits per heavy atom. The Morgan fingerprint density at radius 1 is 1.39 bits per heavy atom. The number of nitrogens with one attached hydrogen (secondary N) is 1. The first-order valence-electron chi connectivity index (χ1n) is 6.71. The van der Waals surface area contributed by atoms with Crippen LogP contribution in [0.25, 0.3) is 10.9 Å². The molecule has 0 amide bonds. The number of pyridine rings is 1. The van der Waals surface area contributed by atoms with Crippen molar-refractivity contribution in [3.05, 3.63) is 35.3 Å². The zero-order chi connectivity index (χ0) is 17.1. The van der Waals surface area contributed by atoms with E-state index in [4.69, 9.17) is 0 Å². The number of nitriles is 1. The van der Waals surface area contributed by atoms with Crippen LogP contribution in [0.15, 0.2) is 12.3 Å². The molecule has 0 saturated carbocycles. The lowest BCUT2D eigenvalue weighted by atomic mass is 10.1. The second-order valence-electron chi connectivity index (χ2n) is 4.93. The molecule has 8 heteroatoms. The fourth-order valence-corrected chi connectivity index (χ4v) is 2.86. The van der Waals surface area contributed by atoms with Gasteiger partial charge in [-0.1, -0.05) is 0 Å². The quantitative estimate of drug-likeness (QED) is 0.818. The smallest absolute Gasteiger partial charge is 0.196 e. The first kappa shape index (κ1) is 17.4. The molecule has 0 saturated heterocycles. The van der Waals surface area contributed by atoms with Gasteiger partial charge in [0.25, 0.3) is 0 Å². The van der Waals surface area contributed by atoms with E-state index in [-0.39, 0.29) is 40.1 Å². The normalized spacial score (nSPS) is 13.6. The number of rotatable bonds is 5. The molecule has 1 heterocycles. The Balaban J connectivity index is 2.63. The Morgan fingerprint density at radius 2 is 2.09 bits per heavy atom. The molecule has 0 unspecified atom stereocenters. The number of nitrogens with zero attached hydrogens (tertiary/aromatic N) is 2. The van der Waals surface area contributed by atoms with Crippen molar-refractivity contribution in [2.24, 2.45) is 0 Å². The van der Waals surface area contributed by atoms with Crippen molar-refractivity contribution in [3.63, 3.8) is 0 Å². The van der Waals surface area contributed by atoms with Crippen molar-refractivity contribution in [1.82, 2.24) is 4.98 Å². The number of hydrogen-bond acceptors (Lipinski definition) is 5. The second kappa shape index (κ2) is 7.06. The second-order valence-corrected chi connectivity index (χ2v) is 6.01. The Hall–Kier alpha value is -1.98. The number of hydrogen-bond donors (Lipinski definition) is 2. The number of anilines is 1. The summed E-state index contributed by atoms with van der Waals surface area (Å²) in [5, 5.41) is 21.3. The Labute approximate surface area is 135 Å². The molecule has 1 aromatic heterocycles. The summed E-state index contributed by atoms with van der Waals surface area (Å²) in [7, 11) is 0. The molecule has 122 valence electrons. The van der Waals surface area contributed by atoms with Gasteiger partial charge in [-0.15, -0.1) is 0 Å². The number of aliphatic hydroxyl groups is 1. The van der Waals surface area contributed by atoms with Gasteiger partial charge >= 0.3 is 0 Å². The standard InChI is InChI=1S/C15H14F3N3OS/c1-7(11(6-22)23-2)21-14-8(4-19)5-20-15-9(14)3-10(16)12(17)13(15)18/h3,5,7,11,22H,6H2,1-2H3,(H,20,21)/t7-,11-/m0/s1. The highest BCUT2D eigenvalue weighted by Crippen LogP contribution is 2.31. The molecular formula is C15H14F3N3OS. The zero-order valence-corrected chi connectivity index (χ0v) is 13.2. The van der Waals surface area contributed by atoms with Crippen LogP contribution in [0.1, 0.15) is 12.5 Å². The van der Waals surface area contributed by atoms with Gasteiger partial charge in [-0.25, -0.2) is 13.2 Å². The van der Waals surface area contributed by atoms with E-state index in [1.54, 1.807) is 6.92 Å². The van der Waals surface area contributed by atoms with Gasteiger partial charge < -0.3 is 10.4 Å². The van der Waals surface area contributed by atoms with E-state index >= 15 is 0 Å². The van der Waals surface area contributed by atoms with Crippen LogP contribution in [0.2, 0.25) is 0 Å². The minimum atomic E-state index is -1.61. The zero-order valence-electron chi connectivity index (χ0n) is 12.4. The summed E-state index contributed by atoms with van der Waals surface area (Å²) < 4.78 is 40.8. The van der Waals surface area contributed by atoms with Crippen molar-refractivity contribution in [3.8, 4) is 6.07 Å². The first-order valence-corrected chi connectivity index (χ1v) is 7.99. The maximum atomic E-state index is 13.9. The number of fused-ring (bicyclic) bond motifs is 1. The molecule has 2 rings (SSSR count). The van der Waals surface area contributed by atoms with Gasteiger partial charge in [-0.05, 0) is 19.2 Å². The van der Waals surface area contributed by atoms with Gasteiger partial charge in [-0.2, -0.15) is 17.0 Å². The predicted molar refractivity (Wildman–Crippen MR) is 83.8 cm³/mol. The molecule has 23 heavy (non-hydrogen) atoms. The molecule has 2 N–H and O–H groups in total. The Kier molecular flexibility index (Phi) is 5.34. The molecule has 0 aliphatic rings. The highest BCUT2D eigenvalue weighted by molar-refractivity contribution is 7.99. The summed E-state index contributed by atoms with van der Waals surface area (Å²) in [6.45, 7) is 1.65. The van der Waals surface area contributed by atoms with E-state index in [1.807, 2.05) is 12.3 Å². The van der Waals surface area contributed by atoms with Crippen molar-refractivity contribution in [2.45, 2.75) is 18.2 Å². The van der Waals surface area contributed by atoms with Crippen LogP contribution in [0.3, 0.4) is 0 Å². The van der Waals surface area contributed by atoms with Crippen LogP contribution in [0.5, 0.6) is 0 Å². The molecule has 2 aromatic rings. The number of aliphatic hydroxyl groups excluding tert-OH is 1. The average Bonchev–Trinajstić information content (AvgIpc) is 2.54. The average molecular weight is 341 g/mol. The van der Waals surface area contributed by atoms with Crippen LogP contribution in [0, 0.1) is 28.8 Å². The molecule has 0 radical (unpaired) electrons. The number of halogens is 3. The van der Waals surface area contributed by atoms with E-state index in [2.05, 4.69) is 10.3 Å². The highest BCUT2D eigenvalue weighted by Gasteiger charge is 2.22. The summed E-state index contributed by atoms with van der Waals surface area (Å²) in [5.41, 5.74) is -0.120. The van der Waals surface area contributed by atoms with E-state index < -0.39 is 17.5 Å². The van der Waals surface area contributed by atoms with E-state index in [0.717, 1.165) is 12.3 Å². The highest BCUT2D eigenvalue weighted by atomic mass is 32.2. The monoisotopic (exact) mass is 341 g/mol. The molecule has 2 atom stereocenters. The molecule has 0 bridgehead atoms. The number of aromatic nitrogens is 1. The molecule has 0 fully saturated rings. The maximum absolute atomic E-state index is 13.9. The Bertz CT molecular complexity index is 775. The van der Waals surface area contributed by atoms with Gasteiger partial charge in [0.1, 0.15) is 11.6 Å². The third-order valence-corrected chi connectivity index (χ3v) is 4.69. The molecular weight excluding hydrogens is 327 g/mol. The van der Waals surface area contributed by atoms with Crippen LogP contribution in [0.4, 0.5) is 18.9 Å². The minimum absolute atomic E-state index is 0.0231. The van der Waals surface area contributed by atoms with Crippen molar-refractivity contribution in [2.75, 3.05) is 18.2 Å². The summed E-state index contributed by atoms with van der Waals surface area (Å²) in [6.07, 6.45) is 2.91. The lowest BCUT2D eigenvalue weighted by Gasteiger charge is -2.23. The summed E-state index contributed by atoms with van der Waals surface area (Å²) in [5.74, 6) is -4.36. The summed E-state index contributed by atoms with van der Waals surface area (Å²) in [4.78, 5) is 3.71. The van der Waals surface area contributed by atoms with Crippen molar-refractivity contribution in [1.29, 1.82) is 5.26 Å². The van der Waals surface area contributed by atoms with Crippen LogP contribution in [-0.2, 0) is 0 Å². The molecule has 0 spiro atoms. The maximum Gasteiger partial charge on any atom is 0.196 e. The number of thioether (sulfide) groups is 1. The summed E-state index contributed by atoms with van der Waals surface area (Å²) in [6, 6.07) is 2.40. The third kappa shape index (κ3) is 3.21. The lowest BCUT2D eigenvalue weighted by molar-refractivity contribution is 0.288. The molecule has 4 nitrogen and oxygen atoms in total. The van der Waals surface area contributed by atoms with Gasteiger partial charge in [-0.3, -0.25) is 4.98 Å². The SMILES string of the molecule is CS[C@@H](CO)[C@H](C)Nc1c(C#N)cnc2c(F)c(F)c(F)cc12. The fraction of sp³-hybridized carbons (Fsp3) is 0.333. The lowest BCUT2D eigenvalue weighted by Crippen LogP contribution is -2.31. The molecule has 1 aromatic carbocycles. The van der Waals surface area contributed by atoms with E-state index in [9.17, 15) is 23.5 Å². The largest absolute Gasteiger partial charge is 0.395 e. The van der Waals surface area contributed by atoms with Gasteiger partial charge in [0.15, 0.2) is 17.5 Å². The molecule has 0 aliphatic carbocycles. The van der Waals surface area contributed by atoms with Crippen LogP contribution < -0.4 is 5.32 Å².